The zero-order valence-corrected chi connectivity index (χ0v) is 21.5. The van der Waals surface area contributed by atoms with Crippen molar-refractivity contribution in [3.05, 3.63) is 105 Å². The standard InChI is InChI=1S/C27H23Cl2N5O3/c1-16-23(26(35)33-20-12-10-19(29)11-13-20)24(34-27(32-16)30-15-31-34)21-4-3-5-22(36-2)25(21)37-14-17-6-8-18(28)9-7-17/h3-13,15,24H,14H2,1-2H3,(H,33,35)(H,30,31,32)/t24-/m1/s1. The topological polar surface area (TPSA) is 90.3 Å². The molecule has 188 valence electrons. The number of fused-ring (bicyclic) bond motifs is 1. The molecule has 8 nitrogen and oxygen atoms in total. The van der Waals surface area contributed by atoms with Gasteiger partial charge in [0.1, 0.15) is 19.0 Å². The van der Waals surface area contributed by atoms with E-state index >= 15 is 0 Å². The predicted octanol–water partition coefficient (Wildman–Crippen LogP) is 6.10. The average Bonchev–Trinajstić information content (AvgIpc) is 3.36. The van der Waals surface area contributed by atoms with Gasteiger partial charge in [-0.3, -0.25) is 4.79 Å². The van der Waals surface area contributed by atoms with Crippen LogP contribution < -0.4 is 20.1 Å². The fourth-order valence-corrected chi connectivity index (χ4v) is 4.46. The maximum absolute atomic E-state index is 13.7. The van der Waals surface area contributed by atoms with E-state index in [1.165, 1.54) is 6.33 Å². The number of benzene rings is 3. The molecule has 0 fully saturated rings. The smallest absolute Gasteiger partial charge is 0.255 e. The molecule has 37 heavy (non-hydrogen) atoms. The van der Waals surface area contributed by atoms with Gasteiger partial charge in [-0.05, 0) is 55.0 Å². The summed E-state index contributed by atoms with van der Waals surface area (Å²) in [5.41, 5.74) is 3.34. The summed E-state index contributed by atoms with van der Waals surface area (Å²) in [7, 11) is 1.58. The van der Waals surface area contributed by atoms with E-state index in [0.29, 0.717) is 50.0 Å². The van der Waals surface area contributed by atoms with Gasteiger partial charge in [-0.2, -0.15) is 10.1 Å². The summed E-state index contributed by atoms with van der Waals surface area (Å²) in [6.07, 6.45) is 1.44. The lowest BCUT2D eigenvalue weighted by atomic mass is 9.94. The SMILES string of the molecule is COc1cccc([C@@H]2C(C(=O)Nc3ccc(Cl)cc3)=C(C)Nc3ncnn32)c1OCc1ccc(Cl)cc1. The first-order chi connectivity index (χ1) is 17.9. The highest BCUT2D eigenvalue weighted by Gasteiger charge is 2.36. The summed E-state index contributed by atoms with van der Waals surface area (Å²) in [4.78, 5) is 18.0. The van der Waals surface area contributed by atoms with Crippen LogP contribution in [0.4, 0.5) is 11.6 Å². The number of hydrogen-bond donors (Lipinski definition) is 2. The molecule has 2 N–H and O–H groups in total. The van der Waals surface area contributed by atoms with E-state index in [0.717, 1.165) is 5.56 Å². The van der Waals surface area contributed by atoms with E-state index in [1.807, 2.05) is 49.4 Å². The lowest BCUT2D eigenvalue weighted by molar-refractivity contribution is -0.113. The molecule has 1 aromatic heterocycles. The van der Waals surface area contributed by atoms with Crippen molar-refractivity contribution in [2.24, 2.45) is 0 Å². The summed E-state index contributed by atoms with van der Waals surface area (Å²) in [5, 5.41) is 11.8. The van der Waals surface area contributed by atoms with Crippen LogP contribution in [0.2, 0.25) is 10.0 Å². The van der Waals surface area contributed by atoms with Crippen LogP contribution in [0.5, 0.6) is 11.5 Å². The Balaban J connectivity index is 1.56. The van der Waals surface area contributed by atoms with Crippen molar-refractivity contribution in [2.45, 2.75) is 19.6 Å². The minimum Gasteiger partial charge on any atom is -0.493 e. The quantitative estimate of drug-likeness (QED) is 0.297. The molecule has 1 aliphatic rings. The van der Waals surface area contributed by atoms with Crippen molar-refractivity contribution >= 4 is 40.7 Å². The maximum Gasteiger partial charge on any atom is 0.255 e. The summed E-state index contributed by atoms with van der Waals surface area (Å²) in [5.74, 6) is 1.24. The molecule has 0 spiro atoms. The van der Waals surface area contributed by atoms with Gasteiger partial charge in [-0.25, -0.2) is 4.68 Å². The van der Waals surface area contributed by atoms with E-state index < -0.39 is 6.04 Å². The number of amides is 1. The zero-order valence-electron chi connectivity index (χ0n) is 20.0. The Labute approximate surface area is 223 Å². The summed E-state index contributed by atoms with van der Waals surface area (Å²) < 4.78 is 13.6. The van der Waals surface area contributed by atoms with Gasteiger partial charge in [0.2, 0.25) is 5.95 Å². The molecule has 0 bridgehead atoms. The number of methoxy groups -OCH3 is 1. The number of nitrogens with zero attached hydrogens (tertiary/aromatic N) is 3. The third-order valence-corrected chi connectivity index (χ3v) is 6.47. The van der Waals surface area contributed by atoms with Gasteiger partial charge < -0.3 is 20.1 Å². The van der Waals surface area contributed by atoms with Gasteiger partial charge in [0.15, 0.2) is 11.5 Å². The first-order valence-electron chi connectivity index (χ1n) is 11.4. The van der Waals surface area contributed by atoms with Crippen LogP contribution in [-0.4, -0.2) is 27.8 Å². The number of carbonyl (C=O) groups is 1. The van der Waals surface area contributed by atoms with Crippen molar-refractivity contribution in [3.63, 3.8) is 0 Å². The van der Waals surface area contributed by atoms with Gasteiger partial charge in [0.25, 0.3) is 5.91 Å². The van der Waals surface area contributed by atoms with Crippen LogP contribution >= 0.6 is 23.2 Å². The molecule has 3 aromatic carbocycles. The molecule has 10 heteroatoms. The fourth-order valence-electron chi connectivity index (χ4n) is 4.20. The molecule has 5 rings (SSSR count). The predicted molar refractivity (Wildman–Crippen MR) is 143 cm³/mol. The van der Waals surface area contributed by atoms with E-state index in [9.17, 15) is 4.79 Å². The number of rotatable bonds is 7. The second kappa shape index (κ2) is 10.5. The number of allylic oxidation sites excluding steroid dienone is 1. The normalized spacial score (nSPS) is 14.5. The Bertz CT molecular complexity index is 1470. The van der Waals surface area contributed by atoms with E-state index in [2.05, 4.69) is 20.7 Å². The Kier molecular flexibility index (Phi) is 7.03. The molecular weight excluding hydrogens is 513 g/mol. The highest BCUT2D eigenvalue weighted by molar-refractivity contribution is 6.30. The summed E-state index contributed by atoms with van der Waals surface area (Å²) in [6, 6.07) is 19.3. The van der Waals surface area contributed by atoms with Crippen molar-refractivity contribution in [2.75, 3.05) is 17.7 Å². The second-order valence-corrected chi connectivity index (χ2v) is 9.22. The van der Waals surface area contributed by atoms with Crippen molar-refractivity contribution in [3.8, 4) is 11.5 Å². The van der Waals surface area contributed by atoms with Gasteiger partial charge in [0, 0.05) is 27.0 Å². The van der Waals surface area contributed by atoms with E-state index in [1.54, 1.807) is 36.1 Å². The Morgan fingerprint density at radius 2 is 1.76 bits per heavy atom. The minimum atomic E-state index is -0.638. The maximum atomic E-state index is 13.7. The Morgan fingerprint density at radius 3 is 2.46 bits per heavy atom. The average molecular weight is 536 g/mol. The molecule has 2 heterocycles. The van der Waals surface area contributed by atoms with Crippen LogP contribution in [0.1, 0.15) is 24.1 Å². The summed E-state index contributed by atoms with van der Waals surface area (Å²) in [6.45, 7) is 2.10. The minimum absolute atomic E-state index is 0.273. The number of para-hydroxylation sites is 1. The number of halogens is 2. The number of anilines is 2. The molecule has 1 amide bonds. The molecule has 0 saturated carbocycles. The Morgan fingerprint density at radius 1 is 1.05 bits per heavy atom. The zero-order chi connectivity index (χ0) is 25.9. The summed E-state index contributed by atoms with van der Waals surface area (Å²) >= 11 is 12.0. The number of carbonyl (C=O) groups excluding carboxylic acids is 1. The van der Waals surface area contributed by atoms with Crippen molar-refractivity contribution in [1.29, 1.82) is 0 Å². The molecule has 0 unspecified atom stereocenters. The van der Waals surface area contributed by atoms with Gasteiger partial charge in [-0.15, -0.1) is 0 Å². The van der Waals surface area contributed by atoms with Gasteiger partial charge >= 0.3 is 0 Å². The molecule has 4 aromatic rings. The molecule has 1 aliphatic heterocycles. The van der Waals surface area contributed by atoms with Crippen molar-refractivity contribution < 1.29 is 14.3 Å². The Hall–Kier alpha value is -4.01. The molecule has 0 aliphatic carbocycles. The number of ether oxygens (including phenoxy) is 2. The number of aromatic nitrogens is 3. The lowest BCUT2D eigenvalue weighted by Crippen LogP contribution is -2.31. The van der Waals surface area contributed by atoms with Crippen LogP contribution in [0.15, 0.2) is 84.3 Å². The highest BCUT2D eigenvalue weighted by Crippen LogP contribution is 2.43. The molecule has 0 saturated heterocycles. The monoisotopic (exact) mass is 535 g/mol. The van der Waals surface area contributed by atoms with Gasteiger partial charge in [-0.1, -0.05) is 47.5 Å². The van der Waals surface area contributed by atoms with E-state index in [4.69, 9.17) is 32.7 Å². The van der Waals surface area contributed by atoms with Crippen LogP contribution in [-0.2, 0) is 11.4 Å². The molecule has 1 atom stereocenters. The van der Waals surface area contributed by atoms with Crippen LogP contribution in [0.25, 0.3) is 0 Å². The largest absolute Gasteiger partial charge is 0.493 e. The number of hydrogen-bond acceptors (Lipinski definition) is 6. The molecular formula is C27H23Cl2N5O3. The second-order valence-electron chi connectivity index (χ2n) is 8.35. The third kappa shape index (κ3) is 5.12. The molecule has 0 radical (unpaired) electrons. The van der Waals surface area contributed by atoms with Crippen molar-refractivity contribution in [1.82, 2.24) is 14.8 Å². The lowest BCUT2D eigenvalue weighted by Gasteiger charge is -2.30. The first kappa shape index (κ1) is 24.7. The highest BCUT2D eigenvalue weighted by atomic mass is 35.5. The van der Waals surface area contributed by atoms with Gasteiger partial charge in [0.05, 0.1) is 12.7 Å². The third-order valence-electron chi connectivity index (χ3n) is 5.96. The van der Waals surface area contributed by atoms with E-state index in [-0.39, 0.29) is 12.5 Å². The fraction of sp³-hybridized carbons (Fsp3) is 0.148. The van der Waals surface area contributed by atoms with Crippen LogP contribution in [0.3, 0.4) is 0 Å². The first-order valence-corrected chi connectivity index (χ1v) is 12.2. The van der Waals surface area contributed by atoms with Crippen LogP contribution in [0, 0.1) is 0 Å². The number of nitrogens with one attached hydrogen (secondary N) is 2.